The van der Waals surface area contributed by atoms with Crippen LogP contribution in [0.25, 0.3) is 0 Å². The summed E-state index contributed by atoms with van der Waals surface area (Å²) < 4.78 is 1.75. The number of nitrogens with zero attached hydrogens (tertiary/aromatic N) is 4. The van der Waals surface area contributed by atoms with Crippen molar-refractivity contribution in [1.29, 1.82) is 0 Å². The Labute approximate surface area is 191 Å². The quantitative estimate of drug-likeness (QED) is 0.252. The van der Waals surface area contributed by atoms with Gasteiger partial charge in [-0.1, -0.05) is 48.5 Å². The lowest BCUT2D eigenvalue weighted by Crippen LogP contribution is -1.94. The molecule has 0 amide bonds. The zero-order chi connectivity index (χ0) is 20.9. The molecule has 4 aromatic rings. The maximum atomic E-state index is 5.37. The van der Waals surface area contributed by atoms with Gasteiger partial charge in [-0.3, -0.25) is 0 Å². The fourth-order valence-corrected chi connectivity index (χ4v) is 2.47. The van der Waals surface area contributed by atoms with Gasteiger partial charge in [0.05, 0.1) is 8.95 Å². The molecule has 0 aliphatic carbocycles. The number of hydrogen-bond donors (Lipinski definition) is 1. The summed E-state index contributed by atoms with van der Waals surface area (Å²) in [6, 6.07) is 19.7. The topological polar surface area (TPSA) is 77.6 Å². The summed E-state index contributed by atoms with van der Waals surface area (Å²) in [6.07, 6.45) is 7.51. The van der Waals surface area contributed by atoms with Crippen molar-refractivity contribution in [3.05, 3.63) is 111 Å². The highest BCUT2D eigenvalue weighted by atomic mass is 79.9. The number of anilines is 1. The van der Waals surface area contributed by atoms with Gasteiger partial charge >= 0.3 is 0 Å². The summed E-state index contributed by atoms with van der Waals surface area (Å²) in [7, 11) is 0. The van der Waals surface area contributed by atoms with Crippen LogP contribution in [0, 0.1) is 0 Å². The van der Waals surface area contributed by atoms with Crippen molar-refractivity contribution in [2.45, 2.75) is 6.42 Å². The maximum Gasteiger partial charge on any atom is 0.222 e. The highest BCUT2D eigenvalue weighted by Crippen LogP contribution is 2.08. The number of nitrogens with two attached hydrogens (primary N) is 1. The van der Waals surface area contributed by atoms with E-state index in [9.17, 15) is 0 Å². The van der Waals surface area contributed by atoms with Gasteiger partial charge in [0.1, 0.15) is 5.82 Å². The minimum absolute atomic E-state index is 0.271. The Balaban J connectivity index is 0.000000170. The monoisotopic (exact) mass is 533 g/mol. The van der Waals surface area contributed by atoms with Gasteiger partial charge in [0, 0.05) is 36.9 Å². The number of halogens is 3. The SMILES string of the molecule is Brc1cnc(Cc2ccccc2)nc1.Clc1ncc(Br)cn1.Nc1ccccc1. The summed E-state index contributed by atoms with van der Waals surface area (Å²) in [6.45, 7) is 0. The summed E-state index contributed by atoms with van der Waals surface area (Å²) >= 11 is 11.8. The molecule has 0 saturated heterocycles. The van der Waals surface area contributed by atoms with Crippen LogP contribution < -0.4 is 5.73 Å². The van der Waals surface area contributed by atoms with Crippen LogP contribution in [0.4, 0.5) is 5.69 Å². The zero-order valence-electron chi connectivity index (χ0n) is 15.3. The Morgan fingerprint density at radius 3 is 1.55 bits per heavy atom. The van der Waals surface area contributed by atoms with E-state index in [0.29, 0.717) is 0 Å². The van der Waals surface area contributed by atoms with Gasteiger partial charge in [-0.15, -0.1) is 0 Å². The summed E-state index contributed by atoms with van der Waals surface area (Å²) in [5.74, 6) is 0.847. The molecule has 5 nitrogen and oxygen atoms in total. The van der Waals surface area contributed by atoms with E-state index < -0.39 is 0 Å². The van der Waals surface area contributed by atoms with E-state index in [1.54, 1.807) is 24.8 Å². The number of nitrogen functional groups attached to an aromatic ring is 1. The lowest BCUT2D eigenvalue weighted by atomic mass is 10.1. The molecule has 2 aromatic heterocycles. The Hall–Kier alpha value is -2.35. The van der Waals surface area contributed by atoms with Crippen molar-refractivity contribution < 1.29 is 0 Å². The third-order valence-electron chi connectivity index (χ3n) is 3.27. The zero-order valence-corrected chi connectivity index (χ0v) is 19.2. The van der Waals surface area contributed by atoms with Crippen LogP contribution in [0.5, 0.6) is 0 Å². The molecule has 0 bridgehead atoms. The highest BCUT2D eigenvalue weighted by molar-refractivity contribution is 9.10. The minimum Gasteiger partial charge on any atom is -0.399 e. The first-order valence-electron chi connectivity index (χ1n) is 8.47. The van der Waals surface area contributed by atoms with Gasteiger partial charge in [-0.05, 0) is 61.2 Å². The minimum atomic E-state index is 0.271. The van der Waals surface area contributed by atoms with Crippen molar-refractivity contribution in [2.75, 3.05) is 5.73 Å². The molecule has 0 unspecified atom stereocenters. The molecule has 0 fully saturated rings. The van der Waals surface area contributed by atoms with Crippen LogP contribution in [0.15, 0.2) is 94.4 Å². The molecule has 2 heterocycles. The molecule has 0 radical (unpaired) electrons. The van der Waals surface area contributed by atoms with Crippen LogP contribution in [-0.4, -0.2) is 19.9 Å². The second-order valence-electron chi connectivity index (χ2n) is 5.56. The third-order valence-corrected chi connectivity index (χ3v) is 4.28. The van der Waals surface area contributed by atoms with E-state index in [0.717, 1.165) is 26.9 Å². The van der Waals surface area contributed by atoms with Gasteiger partial charge in [-0.25, -0.2) is 19.9 Å². The Kier molecular flexibility index (Phi) is 10.3. The molecule has 0 saturated carbocycles. The summed E-state index contributed by atoms with van der Waals surface area (Å²) in [5.41, 5.74) is 7.41. The third kappa shape index (κ3) is 10.1. The molecule has 0 atom stereocenters. The van der Waals surface area contributed by atoms with Crippen molar-refractivity contribution in [1.82, 2.24) is 19.9 Å². The lowest BCUT2D eigenvalue weighted by Gasteiger charge is -1.99. The molecule has 29 heavy (non-hydrogen) atoms. The smallest absolute Gasteiger partial charge is 0.222 e. The Bertz CT molecular complexity index is 933. The average Bonchev–Trinajstić information content (AvgIpc) is 2.74. The molecule has 0 aliphatic rings. The van der Waals surface area contributed by atoms with Crippen LogP contribution in [-0.2, 0) is 6.42 Å². The van der Waals surface area contributed by atoms with E-state index in [-0.39, 0.29) is 5.28 Å². The number of aromatic nitrogens is 4. The first-order chi connectivity index (χ1) is 14.0. The molecule has 0 aliphatic heterocycles. The number of rotatable bonds is 2. The van der Waals surface area contributed by atoms with Crippen LogP contribution in [0.3, 0.4) is 0 Å². The van der Waals surface area contributed by atoms with E-state index in [4.69, 9.17) is 17.3 Å². The van der Waals surface area contributed by atoms with Crippen LogP contribution >= 0.6 is 43.5 Å². The molecule has 4 rings (SSSR count). The number of hydrogen-bond acceptors (Lipinski definition) is 5. The van der Waals surface area contributed by atoms with E-state index in [1.807, 2.05) is 48.5 Å². The van der Waals surface area contributed by atoms with E-state index in [1.165, 1.54) is 5.56 Å². The lowest BCUT2D eigenvalue weighted by molar-refractivity contribution is 0.962. The average molecular weight is 536 g/mol. The summed E-state index contributed by atoms with van der Waals surface area (Å²) in [4.78, 5) is 15.8. The van der Waals surface area contributed by atoms with Gasteiger partial charge in [0.25, 0.3) is 0 Å². The fraction of sp³-hybridized carbons (Fsp3) is 0.0476. The first kappa shape index (κ1) is 22.9. The van der Waals surface area contributed by atoms with Crippen LogP contribution in [0.2, 0.25) is 5.28 Å². The van der Waals surface area contributed by atoms with Gasteiger partial charge < -0.3 is 5.73 Å². The normalized spacial score (nSPS) is 9.48. The van der Waals surface area contributed by atoms with E-state index in [2.05, 4.69) is 63.9 Å². The predicted molar refractivity (Wildman–Crippen MR) is 125 cm³/mol. The molecule has 2 aromatic carbocycles. The van der Waals surface area contributed by atoms with Crippen molar-refractivity contribution in [2.24, 2.45) is 0 Å². The molecule has 0 spiro atoms. The number of benzene rings is 2. The van der Waals surface area contributed by atoms with Gasteiger partial charge in [0.2, 0.25) is 5.28 Å². The summed E-state index contributed by atoms with van der Waals surface area (Å²) in [5, 5.41) is 0.271. The number of para-hydroxylation sites is 1. The standard InChI is InChI=1S/C11H9BrN2.C6H7N.C4H2BrClN2/c12-10-7-13-11(14-8-10)6-9-4-2-1-3-5-9;7-6-4-2-1-3-5-6;5-3-1-7-4(6)8-2-3/h1-5,7-8H,6H2;1-5H,7H2;1-2H. The van der Waals surface area contributed by atoms with Gasteiger partial charge in [-0.2, -0.15) is 0 Å². The molecular formula is C21H18Br2ClN5. The first-order valence-corrected chi connectivity index (χ1v) is 10.4. The molecule has 2 N–H and O–H groups in total. The molecule has 8 heteroatoms. The Morgan fingerprint density at radius 2 is 1.14 bits per heavy atom. The predicted octanol–water partition coefficient (Wildman–Crippen LogP) is 5.99. The Morgan fingerprint density at radius 1 is 0.690 bits per heavy atom. The van der Waals surface area contributed by atoms with Crippen molar-refractivity contribution in [3.8, 4) is 0 Å². The van der Waals surface area contributed by atoms with E-state index >= 15 is 0 Å². The van der Waals surface area contributed by atoms with Crippen LogP contribution in [0.1, 0.15) is 11.4 Å². The van der Waals surface area contributed by atoms with Gasteiger partial charge in [0.15, 0.2) is 0 Å². The largest absolute Gasteiger partial charge is 0.399 e. The van der Waals surface area contributed by atoms with Crippen molar-refractivity contribution in [3.63, 3.8) is 0 Å². The molecule has 148 valence electrons. The fourth-order valence-electron chi connectivity index (χ4n) is 1.96. The highest BCUT2D eigenvalue weighted by Gasteiger charge is 1.97. The molecular weight excluding hydrogens is 518 g/mol. The maximum absolute atomic E-state index is 5.37. The second kappa shape index (κ2) is 13.0. The second-order valence-corrected chi connectivity index (χ2v) is 7.73. The van der Waals surface area contributed by atoms with Crippen molar-refractivity contribution >= 4 is 49.1 Å².